The molecule has 1 fully saturated rings. The van der Waals surface area contributed by atoms with E-state index in [9.17, 15) is 5.11 Å². The van der Waals surface area contributed by atoms with Gasteiger partial charge in [-0.15, -0.1) is 11.8 Å². The zero-order valence-electron chi connectivity index (χ0n) is 9.43. The first-order valence-corrected chi connectivity index (χ1v) is 6.62. The van der Waals surface area contributed by atoms with Crippen molar-refractivity contribution in [3.05, 3.63) is 23.9 Å². The van der Waals surface area contributed by atoms with E-state index >= 15 is 0 Å². The van der Waals surface area contributed by atoms with Crippen molar-refractivity contribution in [1.82, 2.24) is 4.98 Å². The van der Waals surface area contributed by atoms with Crippen LogP contribution < -0.4 is 0 Å². The van der Waals surface area contributed by atoms with Crippen molar-refractivity contribution < 1.29 is 9.84 Å². The number of aliphatic hydroxyl groups excluding tert-OH is 1. The van der Waals surface area contributed by atoms with E-state index in [1.807, 2.05) is 12.1 Å². The number of aromatic nitrogens is 1. The number of hydrogen-bond acceptors (Lipinski definition) is 4. The lowest BCUT2D eigenvalue weighted by Crippen LogP contribution is -2.08. The SMILES string of the molecule is C[C@@H](O)c1ccnc(SCC2CCCO2)c1. The molecule has 2 heterocycles. The fourth-order valence-electron chi connectivity index (χ4n) is 1.72. The maximum atomic E-state index is 9.47. The van der Waals surface area contributed by atoms with Crippen LogP contribution in [0.5, 0.6) is 0 Å². The summed E-state index contributed by atoms with van der Waals surface area (Å²) in [5.74, 6) is 0.955. The van der Waals surface area contributed by atoms with Crippen LogP contribution in [0.15, 0.2) is 23.4 Å². The molecule has 16 heavy (non-hydrogen) atoms. The molecular formula is C12H17NO2S. The Kier molecular flexibility index (Phi) is 4.21. The summed E-state index contributed by atoms with van der Waals surface area (Å²) in [6.07, 6.45) is 4.03. The second-order valence-electron chi connectivity index (χ2n) is 4.05. The number of pyridine rings is 1. The maximum absolute atomic E-state index is 9.47. The largest absolute Gasteiger partial charge is 0.389 e. The number of ether oxygens (including phenoxy) is 1. The molecule has 4 heteroatoms. The van der Waals surface area contributed by atoms with E-state index in [2.05, 4.69) is 4.98 Å². The van der Waals surface area contributed by atoms with Gasteiger partial charge in [-0.05, 0) is 37.5 Å². The van der Waals surface area contributed by atoms with E-state index in [4.69, 9.17) is 4.74 Å². The predicted molar refractivity (Wildman–Crippen MR) is 64.6 cm³/mol. The summed E-state index contributed by atoms with van der Waals surface area (Å²) in [4.78, 5) is 4.28. The Morgan fingerprint density at radius 2 is 2.56 bits per heavy atom. The molecule has 2 rings (SSSR count). The molecule has 1 aromatic rings. The van der Waals surface area contributed by atoms with Gasteiger partial charge in [0.25, 0.3) is 0 Å². The summed E-state index contributed by atoms with van der Waals surface area (Å²) in [5, 5.41) is 10.4. The molecule has 1 aromatic heterocycles. The molecule has 1 N–H and O–H groups in total. The van der Waals surface area contributed by atoms with E-state index in [0.717, 1.165) is 29.4 Å². The molecule has 88 valence electrons. The molecule has 0 radical (unpaired) electrons. The van der Waals surface area contributed by atoms with Gasteiger partial charge in [-0.2, -0.15) is 0 Å². The first-order valence-electron chi connectivity index (χ1n) is 5.64. The first-order chi connectivity index (χ1) is 7.75. The highest BCUT2D eigenvalue weighted by atomic mass is 32.2. The lowest BCUT2D eigenvalue weighted by Gasteiger charge is -2.09. The maximum Gasteiger partial charge on any atom is 0.0964 e. The van der Waals surface area contributed by atoms with Gasteiger partial charge in [0.05, 0.1) is 17.2 Å². The number of thioether (sulfide) groups is 1. The number of aliphatic hydroxyl groups is 1. The van der Waals surface area contributed by atoms with Gasteiger partial charge in [0.15, 0.2) is 0 Å². The van der Waals surface area contributed by atoms with Gasteiger partial charge in [0.2, 0.25) is 0 Å². The molecule has 0 aliphatic carbocycles. The normalized spacial score (nSPS) is 22.2. The third-order valence-electron chi connectivity index (χ3n) is 2.68. The van der Waals surface area contributed by atoms with Gasteiger partial charge in [0, 0.05) is 18.6 Å². The van der Waals surface area contributed by atoms with Crippen molar-refractivity contribution >= 4 is 11.8 Å². The highest BCUT2D eigenvalue weighted by Gasteiger charge is 2.15. The highest BCUT2D eigenvalue weighted by molar-refractivity contribution is 7.99. The lowest BCUT2D eigenvalue weighted by atomic mass is 10.2. The third-order valence-corrected chi connectivity index (χ3v) is 3.74. The van der Waals surface area contributed by atoms with E-state index in [1.165, 1.54) is 6.42 Å². The summed E-state index contributed by atoms with van der Waals surface area (Å²) in [7, 11) is 0. The van der Waals surface area contributed by atoms with E-state index in [0.29, 0.717) is 6.10 Å². The fourth-order valence-corrected chi connectivity index (χ4v) is 2.69. The number of hydrogen-bond donors (Lipinski definition) is 1. The summed E-state index contributed by atoms with van der Waals surface area (Å²) in [6, 6.07) is 3.80. The highest BCUT2D eigenvalue weighted by Crippen LogP contribution is 2.24. The second kappa shape index (κ2) is 5.66. The number of nitrogens with zero attached hydrogens (tertiary/aromatic N) is 1. The van der Waals surface area contributed by atoms with Crippen LogP contribution in [0.2, 0.25) is 0 Å². The van der Waals surface area contributed by atoms with Crippen LogP contribution in [0.4, 0.5) is 0 Å². The van der Waals surface area contributed by atoms with Crippen LogP contribution >= 0.6 is 11.8 Å². The number of rotatable bonds is 4. The summed E-state index contributed by atoms with van der Waals surface area (Å²) >= 11 is 1.70. The van der Waals surface area contributed by atoms with Crippen LogP contribution in [0.25, 0.3) is 0 Å². The Morgan fingerprint density at radius 1 is 1.69 bits per heavy atom. The molecule has 1 unspecified atom stereocenters. The molecule has 0 amide bonds. The average molecular weight is 239 g/mol. The Bertz CT molecular complexity index is 338. The van der Waals surface area contributed by atoms with Crippen LogP contribution in [0, 0.1) is 0 Å². The minimum atomic E-state index is -0.426. The van der Waals surface area contributed by atoms with Crippen LogP contribution in [0.1, 0.15) is 31.4 Å². The molecule has 0 aromatic carbocycles. The Hall–Kier alpha value is -0.580. The zero-order chi connectivity index (χ0) is 11.4. The molecule has 0 bridgehead atoms. The van der Waals surface area contributed by atoms with E-state index < -0.39 is 6.10 Å². The van der Waals surface area contributed by atoms with Gasteiger partial charge in [-0.1, -0.05) is 0 Å². The van der Waals surface area contributed by atoms with Crippen LogP contribution in [-0.2, 0) is 4.74 Å². The molecule has 1 saturated heterocycles. The quantitative estimate of drug-likeness (QED) is 0.819. The van der Waals surface area contributed by atoms with Crippen LogP contribution in [0.3, 0.4) is 0 Å². The third kappa shape index (κ3) is 3.20. The lowest BCUT2D eigenvalue weighted by molar-refractivity contribution is 0.129. The molecule has 1 aliphatic heterocycles. The van der Waals surface area contributed by atoms with Gasteiger partial charge < -0.3 is 9.84 Å². The van der Waals surface area contributed by atoms with E-state index in [-0.39, 0.29) is 0 Å². The van der Waals surface area contributed by atoms with Crippen molar-refractivity contribution in [3.8, 4) is 0 Å². The molecular weight excluding hydrogens is 222 g/mol. The summed E-state index contributed by atoms with van der Waals surface area (Å²) in [6.45, 7) is 2.66. The van der Waals surface area contributed by atoms with Crippen molar-refractivity contribution in [3.63, 3.8) is 0 Å². The van der Waals surface area contributed by atoms with Gasteiger partial charge in [-0.3, -0.25) is 0 Å². The smallest absolute Gasteiger partial charge is 0.0964 e. The van der Waals surface area contributed by atoms with Gasteiger partial charge >= 0.3 is 0 Å². The molecule has 1 aliphatic rings. The Balaban J connectivity index is 1.90. The van der Waals surface area contributed by atoms with Gasteiger partial charge in [0.1, 0.15) is 0 Å². The van der Waals surface area contributed by atoms with Crippen molar-refractivity contribution in [1.29, 1.82) is 0 Å². The van der Waals surface area contributed by atoms with Crippen LogP contribution in [-0.4, -0.2) is 28.6 Å². The minimum absolute atomic E-state index is 0.377. The molecule has 0 saturated carbocycles. The molecule has 2 atom stereocenters. The van der Waals surface area contributed by atoms with Gasteiger partial charge in [-0.25, -0.2) is 4.98 Å². The van der Waals surface area contributed by atoms with Crippen molar-refractivity contribution in [2.75, 3.05) is 12.4 Å². The zero-order valence-corrected chi connectivity index (χ0v) is 10.2. The summed E-state index contributed by atoms with van der Waals surface area (Å²) in [5.41, 5.74) is 0.921. The molecule has 3 nitrogen and oxygen atoms in total. The predicted octanol–water partition coefficient (Wildman–Crippen LogP) is 2.41. The average Bonchev–Trinajstić information content (AvgIpc) is 2.79. The first kappa shape index (κ1) is 11.9. The summed E-state index contributed by atoms with van der Waals surface area (Å²) < 4.78 is 5.55. The second-order valence-corrected chi connectivity index (χ2v) is 5.09. The standard InChI is InChI=1S/C12H17NO2S/c1-9(14)10-4-5-13-12(7-10)16-8-11-3-2-6-15-11/h4-5,7,9,11,14H,2-3,6,8H2,1H3/t9-,11?/m1/s1. The Morgan fingerprint density at radius 3 is 3.25 bits per heavy atom. The minimum Gasteiger partial charge on any atom is -0.389 e. The van der Waals surface area contributed by atoms with E-state index in [1.54, 1.807) is 24.9 Å². The molecule has 0 spiro atoms. The Labute approximate surface area is 100 Å². The van der Waals surface area contributed by atoms with Crippen molar-refractivity contribution in [2.24, 2.45) is 0 Å². The fraction of sp³-hybridized carbons (Fsp3) is 0.583. The monoisotopic (exact) mass is 239 g/mol. The topological polar surface area (TPSA) is 42.4 Å². The van der Waals surface area contributed by atoms with Crippen molar-refractivity contribution in [2.45, 2.75) is 37.0 Å².